The summed E-state index contributed by atoms with van der Waals surface area (Å²) < 4.78 is 17.5. The number of aliphatic hydroxyl groups is 2. The lowest BCUT2D eigenvalue weighted by molar-refractivity contribution is -0.219. The number of thioether (sulfide) groups is 2. The van der Waals surface area contributed by atoms with Crippen LogP contribution in [0.2, 0.25) is 0 Å². The van der Waals surface area contributed by atoms with Crippen LogP contribution in [0.1, 0.15) is 114 Å². The van der Waals surface area contributed by atoms with Crippen molar-refractivity contribution in [2.75, 3.05) is 53.8 Å². The first kappa shape index (κ1) is 63.3. The topological polar surface area (TPSA) is 376 Å². The molecule has 9 rings (SSSR count). The van der Waals surface area contributed by atoms with Crippen LogP contribution in [0.25, 0.3) is 11.2 Å². The molecule has 6 aliphatic rings. The Kier molecular flexibility index (Phi) is 18.8. The van der Waals surface area contributed by atoms with Crippen LogP contribution in [-0.2, 0) is 40.1 Å². The summed E-state index contributed by atoms with van der Waals surface area (Å²) in [6.07, 6.45) is 8.84. The quantitative estimate of drug-likeness (QED) is 0.0428. The summed E-state index contributed by atoms with van der Waals surface area (Å²) in [5.74, 6) is -5.69. The number of aliphatic hydroxyl groups excluding tert-OH is 1. The Bertz CT molecular complexity index is 3300. The van der Waals surface area contributed by atoms with Gasteiger partial charge in [-0.3, -0.25) is 33.7 Å². The second kappa shape index (κ2) is 25.6. The highest BCUT2D eigenvalue weighted by Crippen LogP contribution is 2.70. The van der Waals surface area contributed by atoms with E-state index in [1.54, 1.807) is 57.4 Å². The van der Waals surface area contributed by atoms with Gasteiger partial charge in [-0.2, -0.15) is 21.7 Å². The predicted molar refractivity (Wildman–Crippen MR) is 319 cm³/mol. The van der Waals surface area contributed by atoms with E-state index in [4.69, 9.17) is 11.5 Å². The van der Waals surface area contributed by atoms with E-state index in [0.29, 0.717) is 85.5 Å². The number of hydrogen-bond donors (Lipinski definition) is 10. The van der Waals surface area contributed by atoms with Gasteiger partial charge in [0.15, 0.2) is 34.0 Å². The number of nitrogens with zero attached hydrogens (tertiary/aromatic N) is 6. The lowest BCUT2D eigenvalue weighted by Gasteiger charge is -2.62. The van der Waals surface area contributed by atoms with E-state index in [1.807, 2.05) is 11.8 Å². The van der Waals surface area contributed by atoms with Gasteiger partial charge in [-0.15, -0.1) is 11.8 Å². The van der Waals surface area contributed by atoms with Crippen molar-refractivity contribution in [1.29, 1.82) is 0 Å². The number of unbranched alkanes of at least 4 members (excludes halogenated alkanes) is 4. The summed E-state index contributed by atoms with van der Waals surface area (Å²) in [7, 11) is 1.81. The van der Waals surface area contributed by atoms with Crippen molar-refractivity contribution < 1.29 is 63.2 Å². The zero-order valence-electron chi connectivity index (χ0n) is 48.5. The van der Waals surface area contributed by atoms with Crippen LogP contribution in [0.5, 0.6) is 0 Å². The average Bonchev–Trinajstić information content (AvgIpc) is 1.34. The fourth-order valence-corrected chi connectivity index (χ4v) is 16.3. The van der Waals surface area contributed by atoms with Gasteiger partial charge in [-0.25, -0.2) is 23.9 Å². The fraction of sp³-hybridized carbons (Fsp3) is 0.559. The number of aromatic nitrogens is 4. The van der Waals surface area contributed by atoms with Crippen molar-refractivity contribution >= 4 is 99.4 Å². The molecular formula is C59H75FN12O12S2. The van der Waals surface area contributed by atoms with Crippen molar-refractivity contribution in [3.63, 3.8) is 0 Å². The number of allylic oxidation sites excluding steroid dienone is 4. The minimum Gasteiger partial charge on any atom is -0.480 e. The first-order chi connectivity index (χ1) is 40.8. The summed E-state index contributed by atoms with van der Waals surface area (Å²) in [5.41, 5.74) is 8.58. The van der Waals surface area contributed by atoms with Crippen LogP contribution in [-0.4, -0.2) is 165 Å². The molecule has 2 aliphatic heterocycles. The van der Waals surface area contributed by atoms with E-state index in [0.717, 1.165) is 18.5 Å². The third-order valence-electron chi connectivity index (χ3n) is 18.6. The van der Waals surface area contributed by atoms with Crippen molar-refractivity contribution in [2.24, 2.45) is 28.6 Å². The summed E-state index contributed by atoms with van der Waals surface area (Å²) in [6, 6.07) is 4.23. The standard InChI is InChI=1S/C59H75FN12O12S2/c1-31-24-39-38-16-13-34-25-37(73)19-20-56(34,2)58(38,60)41(74)26-57(39,3)59(31,84)54(83)64-21-9-7-5-6-8-10-43(76)68-45-50(78)72-46(53(81)82)33(30-86-51(45)72)29-85-23-22-63-42(75)18-17-40(52(79)80)67-49(77)32-11-14-36(15-12-32)71(4)28-35-27-65-48-44(66-35)47(61)69-55(62)70-48/h11-12,14-15,19-20,25,27,31,38-41,45,51,74,84H,5-10,13,16-18,21-24,26,28-30H2,1-4H3,(H,63,75)(H,64,83)(H,67,77)(H,68,76)(H,79,80)(H,81,82)(H4,61,62,65,69,70)/t31-,38?,39+,40+,41+,45-,51-,56+,57+,58+,59+/m1/s1. The number of carbonyl (C=O) groups excluding carboxylic acids is 6. The molecule has 27 heteroatoms. The molecular weight excluding hydrogens is 1150 g/mol. The van der Waals surface area contributed by atoms with E-state index >= 15 is 4.39 Å². The molecule has 4 aliphatic carbocycles. The molecule has 11 atom stereocenters. The number of aliphatic carboxylic acids is 2. The number of β-lactam (4-membered cyclic amide) rings is 1. The third-order valence-corrected chi connectivity index (χ3v) is 21.0. The Hall–Kier alpha value is -7.23. The number of fused-ring (bicyclic) bond motifs is 7. The average molecular weight is 1230 g/mol. The summed E-state index contributed by atoms with van der Waals surface area (Å²) in [5, 5.41) is 54.3. The van der Waals surface area contributed by atoms with E-state index in [2.05, 4.69) is 41.2 Å². The van der Waals surface area contributed by atoms with Crippen LogP contribution in [0, 0.1) is 28.6 Å². The normalized spacial score (nSPS) is 28.5. The van der Waals surface area contributed by atoms with Gasteiger partial charge in [0.1, 0.15) is 23.2 Å². The molecule has 12 N–H and O–H groups in total. The highest BCUT2D eigenvalue weighted by atomic mass is 32.2. The number of carboxylic acid groups (broad SMARTS) is 2. The molecule has 1 unspecified atom stereocenters. The molecule has 1 saturated heterocycles. The van der Waals surface area contributed by atoms with E-state index in [-0.39, 0.29) is 84.3 Å². The van der Waals surface area contributed by atoms with Crippen molar-refractivity contribution in [3.05, 3.63) is 76.8 Å². The molecule has 0 bridgehead atoms. The predicted octanol–water partition coefficient (Wildman–Crippen LogP) is 3.58. The number of halogens is 1. The molecule has 2 aromatic heterocycles. The van der Waals surface area contributed by atoms with Crippen LogP contribution >= 0.6 is 23.5 Å². The number of benzene rings is 1. The number of carboxylic acids is 2. The SMILES string of the molecule is C[C@@H]1C[C@H]2C3CCC4=CC(=O)C=C[C@]4(C)[C@@]3(F)[C@@H](O)C[C@]2(C)[C@@]1(O)C(=O)NCCCCCCCC(=O)N[C@@H]1C(=O)N2C(C(=O)O)=C(CSCCNC(=O)CC[C@H](NC(=O)c3ccc(N(C)Cc4cnc5nc(N)nc(N)c5n4)cc3)C(=O)O)CS[C@H]12. The van der Waals surface area contributed by atoms with Crippen LogP contribution < -0.4 is 37.6 Å². The number of carbonyl (C=O) groups is 8. The minimum atomic E-state index is -2.06. The van der Waals surface area contributed by atoms with Gasteiger partial charge in [0.25, 0.3) is 17.7 Å². The van der Waals surface area contributed by atoms with Gasteiger partial charge >= 0.3 is 11.9 Å². The van der Waals surface area contributed by atoms with Crippen molar-refractivity contribution in [1.82, 2.24) is 46.1 Å². The Morgan fingerprint density at radius 1 is 0.953 bits per heavy atom. The lowest BCUT2D eigenvalue weighted by atomic mass is 9.44. The maximum atomic E-state index is 17.5. The van der Waals surface area contributed by atoms with Gasteiger partial charge in [0.05, 0.1) is 24.5 Å². The number of nitrogens with two attached hydrogens (primary N) is 2. The first-order valence-electron chi connectivity index (χ1n) is 29.1. The van der Waals surface area contributed by atoms with E-state index in [9.17, 15) is 58.8 Å². The zero-order chi connectivity index (χ0) is 62.0. The number of ketones is 1. The number of alkyl halides is 1. The molecule has 0 spiro atoms. The monoisotopic (exact) mass is 1230 g/mol. The molecule has 1 aromatic carbocycles. The Morgan fingerprint density at radius 3 is 2.42 bits per heavy atom. The maximum absolute atomic E-state index is 17.5. The molecule has 24 nitrogen and oxygen atoms in total. The highest BCUT2D eigenvalue weighted by molar-refractivity contribution is 8.01. The number of hydrogen-bond acceptors (Lipinski definition) is 19. The molecule has 4 heterocycles. The number of nitrogens with one attached hydrogen (secondary N) is 4. The van der Waals surface area contributed by atoms with Gasteiger partial charge in [0, 0.05) is 78.2 Å². The Morgan fingerprint density at radius 2 is 1.69 bits per heavy atom. The smallest absolute Gasteiger partial charge is 0.352 e. The molecule has 462 valence electrons. The third kappa shape index (κ3) is 12.1. The molecule has 3 saturated carbocycles. The van der Waals surface area contributed by atoms with E-state index in [1.165, 1.54) is 40.6 Å². The van der Waals surface area contributed by atoms with Crippen molar-refractivity contribution in [2.45, 2.75) is 139 Å². The zero-order valence-corrected chi connectivity index (χ0v) is 50.1. The van der Waals surface area contributed by atoms with Gasteiger partial charge in [-0.05, 0) is 106 Å². The van der Waals surface area contributed by atoms with Crippen LogP contribution in [0.3, 0.4) is 0 Å². The summed E-state index contributed by atoms with van der Waals surface area (Å²) in [6.45, 7) is 6.16. The largest absolute Gasteiger partial charge is 0.480 e. The molecule has 86 heavy (non-hydrogen) atoms. The fourth-order valence-electron chi connectivity index (χ4n) is 13.9. The molecule has 5 amide bonds. The number of nitrogen functional groups attached to an aromatic ring is 2. The first-order valence-corrected chi connectivity index (χ1v) is 31.3. The van der Waals surface area contributed by atoms with Gasteiger partial charge in [-0.1, -0.05) is 44.8 Å². The number of rotatable bonds is 25. The van der Waals surface area contributed by atoms with E-state index < -0.39 is 93.1 Å². The summed E-state index contributed by atoms with van der Waals surface area (Å²) >= 11 is 2.70. The van der Waals surface area contributed by atoms with Gasteiger partial charge < -0.3 is 58.1 Å². The maximum Gasteiger partial charge on any atom is 0.352 e. The lowest BCUT2D eigenvalue weighted by Crippen LogP contribution is -2.70. The minimum absolute atomic E-state index is 0.0140. The second-order valence-corrected chi connectivity index (χ2v) is 26.1. The summed E-state index contributed by atoms with van der Waals surface area (Å²) in [4.78, 5) is 123. The molecule has 4 fully saturated rings. The Balaban J connectivity index is 0.639. The highest BCUT2D eigenvalue weighted by Gasteiger charge is 2.76. The second-order valence-electron chi connectivity index (χ2n) is 23.9. The van der Waals surface area contributed by atoms with Crippen LogP contribution in [0.4, 0.5) is 21.8 Å². The van der Waals surface area contributed by atoms with Gasteiger partial charge in [0.2, 0.25) is 17.8 Å². The molecule has 3 aromatic rings. The van der Waals surface area contributed by atoms with Crippen LogP contribution in [0.15, 0.2) is 65.5 Å². The van der Waals surface area contributed by atoms with Crippen molar-refractivity contribution in [3.8, 4) is 0 Å². The molecule has 0 radical (unpaired) electrons. The Labute approximate surface area is 504 Å². The number of anilines is 3. The number of amides is 5.